The van der Waals surface area contributed by atoms with E-state index in [-0.39, 0.29) is 23.6 Å². The Balaban J connectivity index is 2.82. The third-order valence-corrected chi connectivity index (χ3v) is 2.09. The molecule has 3 N–H and O–H groups in total. The van der Waals surface area contributed by atoms with Crippen LogP contribution in [0, 0.1) is 0 Å². The molecule has 0 radical (unpaired) electrons. The zero-order valence-electron chi connectivity index (χ0n) is 9.19. The van der Waals surface area contributed by atoms with Gasteiger partial charge in [0, 0.05) is 7.05 Å². The average molecular weight is 236 g/mol. The lowest BCUT2D eigenvalue weighted by Crippen LogP contribution is -2.35. The van der Waals surface area contributed by atoms with Crippen LogP contribution in [0.15, 0.2) is 24.3 Å². The Kier molecular flexibility index (Phi) is 4.21. The topological polar surface area (TPSA) is 95.5 Å². The highest BCUT2D eigenvalue weighted by Gasteiger charge is 2.15. The van der Waals surface area contributed by atoms with Crippen molar-refractivity contribution in [1.82, 2.24) is 10.6 Å². The largest absolute Gasteiger partial charge is 0.478 e. The Morgan fingerprint density at radius 1 is 1.18 bits per heavy atom. The molecule has 0 saturated carbocycles. The highest BCUT2D eigenvalue weighted by atomic mass is 16.4. The van der Waals surface area contributed by atoms with Crippen LogP contribution in [0.4, 0.5) is 0 Å². The first-order valence-electron chi connectivity index (χ1n) is 4.87. The molecule has 0 aliphatic rings. The van der Waals surface area contributed by atoms with Crippen molar-refractivity contribution in [2.45, 2.75) is 0 Å². The van der Waals surface area contributed by atoms with Crippen molar-refractivity contribution in [2.75, 3.05) is 13.6 Å². The summed E-state index contributed by atoms with van der Waals surface area (Å²) in [5.74, 6) is -2.13. The van der Waals surface area contributed by atoms with E-state index in [1.807, 2.05) is 0 Å². The van der Waals surface area contributed by atoms with Crippen molar-refractivity contribution in [3.05, 3.63) is 35.4 Å². The Labute approximate surface area is 97.6 Å². The number of amides is 2. The van der Waals surface area contributed by atoms with Crippen molar-refractivity contribution in [1.29, 1.82) is 0 Å². The van der Waals surface area contributed by atoms with Crippen LogP contribution in [0.2, 0.25) is 0 Å². The standard InChI is InChI=1S/C11H12N2O4/c1-12-9(14)6-13-10(15)7-4-2-3-5-8(7)11(16)17/h2-5H,6H2,1H3,(H,12,14)(H,13,15)(H,16,17). The van der Waals surface area contributed by atoms with Gasteiger partial charge in [0.05, 0.1) is 17.7 Å². The maximum atomic E-state index is 11.6. The van der Waals surface area contributed by atoms with Crippen LogP contribution in [-0.2, 0) is 4.79 Å². The maximum absolute atomic E-state index is 11.6. The number of carbonyl (C=O) groups is 3. The van der Waals surface area contributed by atoms with Crippen LogP contribution < -0.4 is 10.6 Å². The number of carboxylic acid groups (broad SMARTS) is 1. The molecule has 0 aliphatic carbocycles. The predicted molar refractivity (Wildman–Crippen MR) is 59.8 cm³/mol. The van der Waals surface area contributed by atoms with Crippen LogP contribution in [0.25, 0.3) is 0 Å². The number of hydrogen-bond donors (Lipinski definition) is 3. The summed E-state index contributed by atoms with van der Waals surface area (Å²) in [5, 5.41) is 13.5. The van der Waals surface area contributed by atoms with Gasteiger partial charge in [0.25, 0.3) is 5.91 Å². The van der Waals surface area contributed by atoms with E-state index in [1.165, 1.54) is 25.2 Å². The van der Waals surface area contributed by atoms with Crippen molar-refractivity contribution in [3.63, 3.8) is 0 Å². The van der Waals surface area contributed by atoms with Gasteiger partial charge < -0.3 is 15.7 Å². The van der Waals surface area contributed by atoms with E-state index in [0.29, 0.717) is 0 Å². The van der Waals surface area contributed by atoms with Crippen LogP contribution in [0.3, 0.4) is 0 Å². The first-order chi connectivity index (χ1) is 8.06. The summed E-state index contributed by atoms with van der Waals surface area (Å²) in [5.41, 5.74) is -0.0641. The molecule has 17 heavy (non-hydrogen) atoms. The molecule has 0 aliphatic heterocycles. The summed E-state index contributed by atoms with van der Waals surface area (Å²) in [6.07, 6.45) is 0. The van der Waals surface area contributed by atoms with E-state index in [0.717, 1.165) is 0 Å². The molecule has 0 aromatic heterocycles. The van der Waals surface area contributed by atoms with Gasteiger partial charge in [0.15, 0.2) is 0 Å². The monoisotopic (exact) mass is 236 g/mol. The molecule has 0 spiro atoms. The molecular weight excluding hydrogens is 224 g/mol. The first-order valence-corrected chi connectivity index (χ1v) is 4.87. The molecule has 0 saturated heterocycles. The summed E-state index contributed by atoms with van der Waals surface area (Å²) in [6.45, 7) is -0.191. The Hall–Kier alpha value is -2.37. The SMILES string of the molecule is CNC(=O)CNC(=O)c1ccccc1C(=O)O. The molecule has 6 nitrogen and oxygen atoms in total. The zero-order chi connectivity index (χ0) is 12.8. The van der Waals surface area contributed by atoms with Gasteiger partial charge >= 0.3 is 5.97 Å². The molecule has 0 atom stereocenters. The second-order valence-electron chi connectivity index (χ2n) is 3.21. The number of benzene rings is 1. The summed E-state index contributed by atoms with van der Waals surface area (Å²) in [4.78, 5) is 33.4. The quantitative estimate of drug-likeness (QED) is 0.678. The normalized spacial score (nSPS) is 9.47. The average Bonchev–Trinajstić information content (AvgIpc) is 2.35. The fourth-order valence-electron chi connectivity index (χ4n) is 1.21. The minimum absolute atomic E-state index is 0.0314. The zero-order valence-corrected chi connectivity index (χ0v) is 9.19. The molecule has 1 aromatic carbocycles. The van der Waals surface area contributed by atoms with Gasteiger partial charge in [-0.1, -0.05) is 12.1 Å². The highest BCUT2D eigenvalue weighted by molar-refractivity contribution is 6.05. The molecule has 6 heteroatoms. The van der Waals surface area contributed by atoms with Gasteiger partial charge in [-0.25, -0.2) is 4.79 Å². The Morgan fingerprint density at radius 2 is 1.76 bits per heavy atom. The molecular formula is C11H12N2O4. The van der Waals surface area contributed by atoms with Gasteiger partial charge in [-0.05, 0) is 12.1 Å². The maximum Gasteiger partial charge on any atom is 0.336 e. The fraction of sp³-hybridized carbons (Fsp3) is 0.182. The summed E-state index contributed by atoms with van der Waals surface area (Å²) in [6, 6.07) is 5.81. The lowest BCUT2D eigenvalue weighted by Gasteiger charge is -2.06. The Morgan fingerprint density at radius 3 is 2.29 bits per heavy atom. The molecule has 0 bridgehead atoms. The van der Waals surface area contributed by atoms with Gasteiger partial charge in [-0.2, -0.15) is 0 Å². The van der Waals surface area contributed by atoms with Crippen LogP contribution in [-0.4, -0.2) is 36.5 Å². The van der Waals surface area contributed by atoms with E-state index in [9.17, 15) is 14.4 Å². The van der Waals surface area contributed by atoms with Crippen molar-refractivity contribution >= 4 is 17.8 Å². The van der Waals surface area contributed by atoms with Crippen LogP contribution >= 0.6 is 0 Å². The summed E-state index contributed by atoms with van der Waals surface area (Å²) < 4.78 is 0. The number of likely N-dealkylation sites (N-methyl/N-ethyl adjacent to an activating group) is 1. The smallest absolute Gasteiger partial charge is 0.336 e. The molecule has 0 unspecified atom stereocenters. The fourth-order valence-corrected chi connectivity index (χ4v) is 1.21. The number of hydrogen-bond acceptors (Lipinski definition) is 3. The van der Waals surface area contributed by atoms with E-state index < -0.39 is 11.9 Å². The molecule has 2 amide bonds. The number of nitrogens with one attached hydrogen (secondary N) is 2. The number of carbonyl (C=O) groups excluding carboxylic acids is 2. The summed E-state index contributed by atoms with van der Waals surface area (Å²) >= 11 is 0. The number of rotatable bonds is 4. The van der Waals surface area contributed by atoms with Crippen molar-refractivity contribution in [3.8, 4) is 0 Å². The minimum Gasteiger partial charge on any atom is -0.478 e. The second-order valence-corrected chi connectivity index (χ2v) is 3.21. The molecule has 90 valence electrons. The minimum atomic E-state index is -1.18. The van der Waals surface area contributed by atoms with Gasteiger partial charge in [0.2, 0.25) is 5.91 Å². The molecule has 1 rings (SSSR count). The van der Waals surface area contributed by atoms with Crippen molar-refractivity contribution < 1.29 is 19.5 Å². The van der Waals surface area contributed by atoms with E-state index in [4.69, 9.17) is 5.11 Å². The lowest BCUT2D eigenvalue weighted by molar-refractivity contribution is -0.119. The van der Waals surface area contributed by atoms with Gasteiger partial charge in [-0.3, -0.25) is 9.59 Å². The molecule has 0 heterocycles. The molecule has 1 aromatic rings. The number of carboxylic acids is 1. The van der Waals surface area contributed by atoms with Gasteiger partial charge in [-0.15, -0.1) is 0 Å². The highest BCUT2D eigenvalue weighted by Crippen LogP contribution is 2.08. The van der Waals surface area contributed by atoms with Crippen LogP contribution in [0.1, 0.15) is 20.7 Å². The summed E-state index contributed by atoms with van der Waals surface area (Å²) in [7, 11) is 1.44. The Bertz CT molecular complexity index is 457. The van der Waals surface area contributed by atoms with Crippen LogP contribution in [0.5, 0.6) is 0 Å². The molecule has 0 fully saturated rings. The third-order valence-electron chi connectivity index (χ3n) is 2.09. The predicted octanol–water partition coefficient (Wildman–Crippen LogP) is -0.139. The van der Waals surface area contributed by atoms with Gasteiger partial charge in [0.1, 0.15) is 0 Å². The second kappa shape index (κ2) is 5.64. The van der Waals surface area contributed by atoms with E-state index >= 15 is 0 Å². The number of aromatic carboxylic acids is 1. The third kappa shape index (κ3) is 3.30. The van der Waals surface area contributed by atoms with E-state index in [2.05, 4.69) is 10.6 Å². The first kappa shape index (κ1) is 12.7. The van der Waals surface area contributed by atoms with Crippen molar-refractivity contribution in [2.24, 2.45) is 0 Å². The van der Waals surface area contributed by atoms with E-state index in [1.54, 1.807) is 6.07 Å². The lowest BCUT2D eigenvalue weighted by atomic mass is 10.1.